The Balaban J connectivity index is 2.03. The molecule has 2 rings (SSSR count). The van der Waals surface area contributed by atoms with E-state index in [0.29, 0.717) is 18.8 Å². The fourth-order valence-corrected chi connectivity index (χ4v) is 4.44. The second-order valence-electron chi connectivity index (χ2n) is 5.38. The molecule has 8 nitrogen and oxygen atoms in total. The molecule has 138 valence electrons. The highest BCUT2D eigenvalue weighted by Gasteiger charge is 2.21. The van der Waals surface area contributed by atoms with Gasteiger partial charge in [0.1, 0.15) is 4.90 Å². The molecule has 0 N–H and O–H groups in total. The van der Waals surface area contributed by atoms with Crippen LogP contribution in [0.4, 0.5) is 0 Å². The van der Waals surface area contributed by atoms with Gasteiger partial charge in [-0.25, -0.2) is 18.1 Å². The minimum atomic E-state index is -3.47. The van der Waals surface area contributed by atoms with E-state index in [4.69, 9.17) is 0 Å². The molecule has 0 aliphatic heterocycles. The van der Waals surface area contributed by atoms with Gasteiger partial charge in [0.05, 0.1) is 10.8 Å². The number of unbranched alkanes of at least 4 members (excludes halogenated alkanes) is 1. The Morgan fingerprint density at radius 3 is 2.56 bits per heavy atom. The van der Waals surface area contributed by atoms with Crippen molar-refractivity contribution in [1.82, 2.24) is 29.5 Å². The van der Waals surface area contributed by atoms with Gasteiger partial charge in [0.25, 0.3) is 0 Å². The van der Waals surface area contributed by atoms with Crippen LogP contribution in [0.3, 0.4) is 0 Å². The molecule has 0 radical (unpaired) electrons. The molecule has 0 atom stereocenters. The second kappa shape index (κ2) is 9.25. The van der Waals surface area contributed by atoms with Gasteiger partial charge in [-0.05, 0) is 29.0 Å². The summed E-state index contributed by atoms with van der Waals surface area (Å²) in [5, 5.41) is 12.5. The number of nitrogens with zero attached hydrogens (tertiary/aromatic N) is 6. The van der Waals surface area contributed by atoms with Crippen molar-refractivity contribution in [3.63, 3.8) is 0 Å². The predicted molar refractivity (Wildman–Crippen MR) is 96.6 cm³/mol. The highest BCUT2D eigenvalue weighted by molar-refractivity contribution is 7.98. The zero-order chi connectivity index (χ0) is 18.3. The molecule has 2 heterocycles. The molecular weight excluding hydrogens is 360 g/mol. The van der Waals surface area contributed by atoms with Gasteiger partial charge >= 0.3 is 0 Å². The molecule has 0 aromatic carbocycles. The first-order valence-corrected chi connectivity index (χ1v) is 10.8. The fraction of sp³-hybridized carbons (Fsp3) is 0.600. The smallest absolute Gasteiger partial charge is 0.244 e. The van der Waals surface area contributed by atoms with Crippen LogP contribution in [0, 0.1) is 0 Å². The lowest BCUT2D eigenvalue weighted by Crippen LogP contribution is -2.30. The standard InChI is InChI=1S/C15H24N6O2S2/c1-4-7-10-21-14(17-18-19-21)12-24-15-9-8-13(11-16-15)25(22,23)20(5-2)6-3/h8-9,11H,4-7,10,12H2,1-3H3. The SMILES string of the molecule is CCCCn1nnnc1CSc1ccc(S(=O)(=O)N(CC)CC)cn1. The number of tetrazole rings is 1. The number of rotatable bonds is 10. The monoisotopic (exact) mass is 384 g/mol. The first-order valence-electron chi connectivity index (χ1n) is 8.36. The third kappa shape index (κ3) is 4.99. The minimum absolute atomic E-state index is 0.216. The van der Waals surface area contributed by atoms with E-state index in [1.54, 1.807) is 16.8 Å². The minimum Gasteiger partial charge on any atom is -0.249 e. The van der Waals surface area contributed by atoms with Crippen molar-refractivity contribution >= 4 is 21.8 Å². The largest absolute Gasteiger partial charge is 0.249 e. The summed E-state index contributed by atoms with van der Waals surface area (Å²) >= 11 is 1.48. The van der Waals surface area contributed by atoms with Crippen molar-refractivity contribution in [2.24, 2.45) is 0 Å². The third-order valence-electron chi connectivity index (χ3n) is 3.73. The average Bonchev–Trinajstić information content (AvgIpc) is 3.06. The maximum Gasteiger partial charge on any atom is 0.244 e. The molecule has 0 saturated carbocycles. The van der Waals surface area contributed by atoms with Crippen LogP contribution < -0.4 is 0 Å². The van der Waals surface area contributed by atoms with Crippen LogP contribution in [0.15, 0.2) is 28.3 Å². The van der Waals surface area contributed by atoms with Crippen LogP contribution in [0.2, 0.25) is 0 Å². The fourth-order valence-electron chi connectivity index (χ4n) is 2.26. The van der Waals surface area contributed by atoms with E-state index >= 15 is 0 Å². The Kier molecular flexibility index (Phi) is 7.33. The first-order chi connectivity index (χ1) is 12.0. The van der Waals surface area contributed by atoms with Gasteiger partial charge < -0.3 is 0 Å². The predicted octanol–water partition coefficient (Wildman–Crippen LogP) is 2.19. The summed E-state index contributed by atoms with van der Waals surface area (Å²) in [5.74, 6) is 1.38. The Bertz CT molecular complexity index is 757. The number of hydrogen-bond acceptors (Lipinski definition) is 7. The molecule has 0 aliphatic carbocycles. The van der Waals surface area contributed by atoms with Gasteiger partial charge in [-0.3, -0.25) is 0 Å². The molecule has 0 saturated heterocycles. The van der Waals surface area contributed by atoms with Gasteiger partial charge in [0.15, 0.2) is 5.82 Å². The Morgan fingerprint density at radius 2 is 1.96 bits per heavy atom. The van der Waals surface area contributed by atoms with Crippen molar-refractivity contribution in [2.45, 2.75) is 55.8 Å². The zero-order valence-electron chi connectivity index (χ0n) is 14.8. The van der Waals surface area contributed by atoms with E-state index in [9.17, 15) is 8.42 Å². The molecule has 10 heteroatoms. The van der Waals surface area contributed by atoms with Crippen molar-refractivity contribution in [2.75, 3.05) is 13.1 Å². The molecule has 2 aromatic rings. The lowest BCUT2D eigenvalue weighted by molar-refractivity contribution is 0.445. The van der Waals surface area contributed by atoms with Gasteiger partial charge in [0, 0.05) is 25.8 Å². The van der Waals surface area contributed by atoms with Gasteiger partial charge in [0.2, 0.25) is 10.0 Å². The number of thioether (sulfide) groups is 1. The molecule has 0 aliphatic rings. The summed E-state index contributed by atoms with van der Waals surface area (Å²) in [4.78, 5) is 4.48. The van der Waals surface area contributed by atoms with Gasteiger partial charge in [-0.15, -0.1) is 5.10 Å². The molecule has 0 fully saturated rings. The van der Waals surface area contributed by atoms with Crippen LogP contribution in [-0.4, -0.2) is 51.0 Å². The van der Waals surface area contributed by atoms with Crippen LogP contribution in [0.5, 0.6) is 0 Å². The second-order valence-corrected chi connectivity index (χ2v) is 8.32. The summed E-state index contributed by atoms with van der Waals surface area (Å²) in [5.41, 5.74) is 0. The molecule has 0 unspecified atom stereocenters. The quantitative estimate of drug-likeness (QED) is 0.580. The molecule has 2 aromatic heterocycles. The third-order valence-corrected chi connectivity index (χ3v) is 6.70. The molecule has 0 spiro atoms. The molecule has 0 bridgehead atoms. The summed E-state index contributed by atoms with van der Waals surface area (Å²) in [6.45, 7) is 7.44. The Morgan fingerprint density at radius 1 is 1.20 bits per heavy atom. The number of aromatic nitrogens is 5. The van der Waals surface area contributed by atoms with Gasteiger partial charge in [-0.1, -0.05) is 39.0 Å². The Labute approximate surface area is 153 Å². The molecule has 0 amide bonds. The topological polar surface area (TPSA) is 93.9 Å². The van der Waals surface area contributed by atoms with Crippen LogP contribution >= 0.6 is 11.8 Å². The number of sulfonamides is 1. The summed E-state index contributed by atoms with van der Waals surface area (Å²) in [6, 6.07) is 3.32. The lowest BCUT2D eigenvalue weighted by Gasteiger charge is -2.18. The van der Waals surface area contributed by atoms with Crippen LogP contribution in [0.25, 0.3) is 0 Å². The molecule has 25 heavy (non-hydrogen) atoms. The zero-order valence-corrected chi connectivity index (χ0v) is 16.4. The maximum absolute atomic E-state index is 12.4. The maximum atomic E-state index is 12.4. The number of pyridine rings is 1. The van der Waals surface area contributed by atoms with E-state index in [0.717, 1.165) is 30.2 Å². The van der Waals surface area contributed by atoms with E-state index in [1.165, 1.54) is 22.3 Å². The average molecular weight is 385 g/mol. The van der Waals surface area contributed by atoms with E-state index in [-0.39, 0.29) is 4.90 Å². The van der Waals surface area contributed by atoms with Gasteiger partial charge in [-0.2, -0.15) is 4.31 Å². The summed E-state index contributed by atoms with van der Waals surface area (Å²) in [7, 11) is -3.47. The highest BCUT2D eigenvalue weighted by atomic mass is 32.2. The highest BCUT2D eigenvalue weighted by Crippen LogP contribution is 2.22. The number of aryl methyl sites for hydroxylation is 1. The van der Waals surface area contributed by atoms with E-state index in [1.807, 2.05) is 13.8 Å². The first kappa shape index (κ1) is 19.8. The van der Waals surface area contributed by atoms with Crippen molar-refractivity contribution in [3.05, 3.63) is 24.2 Å². The molecular formula is C15H24N6O2S2. The van der Waals surface area contributed by atoms with E-state index < -0.39 is 10.0 Å². The lowest BCUT2D eigenvalue weighted by atomic mass is 10.3. The summed E-state index contributed by atoms with van der Waals surface area (Å²) < 4.78 is 28.1. The normalized spacial score (nSPS) is 12.0. The number of hydrogen-bond donors (Lipinski definition) is 0. The van der Waals surface area contributed by atoms with Crippen LogP contribution in [0.1, 0.15) is 39.4 Å². The summed E-state index contributed by atoms with van der Waals surface area (Å²) in [6.07, 6.45) is 3.52. The van der Waals surface area contributed by atoms with Crippen molar-refractivity contribution in [1.29, 1.82) is 0 Å². The van der Waals surface area contributed by atoms with E-state index in [2.05, 4.69) is 27.4 Å². The van der Waals surface area contributed by atoms with Crippen molar-refractivity contribution < 1.29 is 8.42 Å². The van der Waals surface area contributed by atoms with Crippen LogP contribution in [-0.2, 0) is 22.3 Å². The van der Waals surface area contributed by atoms with Crippen molar-refractivity contribution in [3.8, 4) is 0 Å². The Hall–Kier alpha value is -1.52.